The molecule has 8 heteroatoms. The fourth-order valence-electron chi connectivity index (χ4n) is 1.43. The molecule has 21 heavy (non-hydrogen) atoms. The second-order valence-electron chi connectivity index (χ2n) is 4.45. The van der Waals surface area contributed by atoms with E-state index in [0.29, 0.717) is 34.7 Å². The molecule has 1 rings (SSSR count). The summed E-state index contributed by atoms with van der Waals surface area (Å²) >= 11 is 11.6. The van der Waals surface area contributed by atoms with E-state index in [1.54, 1.807) is 12.1 Å². The van der Waals surface area contributed by atoms with Crippen molar-refractivity contribution in [2.24, 2.45) is 10.7 Å². The van der Waals surface area contributed by atoms with E-state index in [0.717, 1.165) is 0 Å². The van der Waals surface area contributed by atoms with E-state index < -0.39 is 0 Å². The Hall–Kier alpha value is -0.730. The number of halogens is 3. The third-order valence-electron chi connectivity index (χ3n) is 2.30. The number of rotatable bonds is 5. The van der Waals surface area contributed by atoms with Gasteiger partial charge < -0.3 is 16.4 Å². The van der Waals surface area contributed by atoms with Crippen molar-refractivity contribution in [3.05, 3.63) is 33.8 Å². The Morgan fingerprint density at radius 2 is 2.00 bits per heavy atom. The van der Waals surface area contributed by atoms with Gasteiger partial charge in [0.05, 0.1) is 16.6 Å². The van der Waals surface area contributed by atoms with Crippen molar-refractivity contribution in [1.82, 2.24) is 10.6 Å². The fraction of sp³-hybridized carbons (Fsp3) is 0.385. The molecule has 0 aliphatic heterocycles. The SMILES string of the molecule is CC(C)NC(N)=NCCNC(=O)c1ccc(Cl)c(Cl)c1.I. The number of nitrogens with one attached hydrogen (secondary N) is 2. The number of benzene rings is 1. The van der Waals surface area contributed by atoms with Gasteiger partial charge in [0.25, 0.3) is 5.91 Å². The molecule has 0 saturated carbocycles. The van der Waals surface area contributed by atoms with E-state index in [2.05, 4.69) is 15.6 Å². The lowest BCUT2D eigenvalue weighted by molar-refractivity contribution is 0.0955. The second-order valence-corrected chi connectivity index (χ2v) is 5.27. The molecule has 1 amide bonds. The van der Waals surface area contributed by atoms with Gasteiger partial charge in [0.1, 0.15) is 0 Å². The van der Waals surface area contributed by atoms with E-state index in [-0.39, 0.29) is 35.9 Å². The molecule has 0 spiro atoms. The third kappa shape index (κ3) is 7.73. The number of carbonyl (C=O) groups excluding carboxylic acids is 1. The van der Waals surface area contributed by atoms with Crippen LogP contribution in [-0.4, -0.2) is 31.0 Å². The van der Waals surface area contributed by atoms with Gasteiger partial charge in [0, 0.05) is 18.2 Å². The van der Waals surface area contributed by atoms with Crippen molar-refractivity contribution in [1.29, 1.82) is 0 Å². The van der Waals surface area contributed by atoms with Gasteiger partial charge in [-0.2, -0.15) is 0 Å². The molecule has 0 saturated heterocycles. The summed E-state index contributed by atoms with van der Waals surface area (Å²) in [6.07, 6.45) is 0. The number of nitrogens with zero attached hydrogens (tertiary/aromatic N) is 1. The van der Waals surface area contributed by atoms with Crippen LogP contribution < -0.4 is 16.4 Å². The summed E-state index contributed by atoms with van der Waals surface area (Å²) in [5, 5.41) is 6.45. The fourth-order valence-corrected chi connectivity index (χ4v) is 1.72. The molecule has 0 aliphatic rings. The van der Waals surface area contributed by atoms with Crippen molar-refractivity contribution in [2.45, 2.75) is 19.9 Å². The highest BCUT2D eigenvalue weighted by atomic mass is 127. The van der Waals surface area contributed by atoms with Gasteiger partial charge in [-0.3, -0.25) is 9.79 Å². The molecule has 0 bridgehead atoms. The minimum atomic E-state index is -0.228. The molecular formula is C13H19Cl2IN4O. The summed E-state index contributed by atoms with van der Waals surface area (Å²) in [4.78, 5) is 15.9. The first kappa shape index (κ1) is 20.3. The highest BCUT2D eigenvalue weighted by Crippen LogP contribution is 2.22. The van der Waals surface area contributed by atoms with Crippen LogP contribution in [0.3, 0.4) is 0 Å². The Balaban J connectivity index is 0.00000400. The zero-order valence-corrected chi connectivity index (χ0v) is 15.7. The minimum Gasteiger partial charge on any atom is -0.370 e. The number of aliphatic imine (C=N–C) groups is 1. The lowest BCUT2D eigenvalue weighted by atomic mass is 10.2. The Labute approximate surface area is 151 Å². The molecule has 1 aromatic rings. The van der Waals surface area contributed by atoms with Crippen molar-refractivity contribution < 1.29 is 4.79 Å². The third-order valence-corrected chi connectivity index (χ3v) is 3.04. The van der Waals surface area contributed by atoms with Crippen molar-refractivity contribution >= 4 is 59.0 Å². The average Bonchev–Trinajstić information content (AvgIpc) is 2.36. The van der Waals surface area contributed by atoms with Gasteiger partial charge in [0.15, 0.2) is 5.96 Å². The van der Waals surface area contributed by atoms with Gasteiger partial charge >= 0.3 is 0 Å². The largest absolute Gasteiger partial charge is 0.370 e. The van der Waals surface area contributed by atoms with Crippen molar-refractivity contribution in [3.8, 4) is 0 Å². The van der Waals surface area contributed by atoms with Crippen molar-refractivity contribution in [3.63, 3.8) is 0 Å². The predicted molar refractivity (Wildman–Crippen MR) is 99.0 cm³/mol. The maximum Gasteiger partial charge on any atom is 0.251 e. The van der Waals surface area contributed by atoms with E-state index >= 15 is 0 Å². The Kier molecular flexibility index (Phi) is 9.72. The summed E-state index contributed by atoms with van der Waals surface area (Å²) < 4.78 is 0. The molecule has 0 heterocycles. The molecule has 0 unspecified atom stereocenters. The molecule has 0 radical (unpaired) electrons. The number of amides is 1. The van der Waals surface area contributed by atoms with Gasteiger partial charge in [-0.05, 0) is 32.0 Å². The highest BCUT2D eigenvalue weighted by Gasteiger charge is 2.07. The maximum absolute atomic E-state index is 11.8. The number of nitrogens with two attached hydrogens (primary N) is 1. The number of carbonyl (C=O) groups is 1. The van der Waals surface area contributed by atoms with Crippen LogP contribution in [-0.2, 0) is 0 Å². The Morgan fingerprint density at radius 1 is 1.33 bits per heavy atom. The standard InChI is InChI=1S/C13H18Cl2N4O.HI/c1-8(2)19-13(16)18-6-5-17-12(20)9-3-4-10(14)11(15)7-9;/h3-4,7-8H,5-6H2,1-2H3,(H,17,20)(H3,16,18,19);1H. The van der Waals surface area contributed by atoms with Gasteiger partial charge in [-0.25, -0.2) is 0 Å². The lowest BCUT2D eigenvalue weighted by Crippen LogP contribution is -2.37. The minimum absolute atomic E-state index is 0. The zero-order chi connectivity index (χ0) is 15.1. The van der Waals surface area contributed by atoms with Gasteiger partial charge in [0.2, 0.25) is 0 Å². The van der Waals surface area contributed by atoms with Crippen LogP contribution in [0.2, 0.25) is 10.0 Å². The first-order valence-electron chi connectivity index (χ1n) is 6.20. The van der Waals surface area contributed by atoms with Gasteiger partial charge in [-0.15, -0.1) is 24.0 Å². The van der Waals surface area contributed by atoms with Crippen LogP contribution in [0.15, 0.2) is 23.2 Å². The molecule has 4 N–H and O–H groups in total. The molecule has 0 fully saturated rings. The van der Waals surface area contributed by atoms with Crippen LogP contribution in [0.1, 0.15) is 24.2 Å². The smallest absolute Gasteiger partial charge is 0.251 e. The monoisotopic (exact) mass is 444 g/mol. The molecule has 1 aromatic carbocycles. The molecule has 0 atom stereocenters. The summed E-state index contributed by atoms with van der Waals surface area (Å²) in [7, 11) is 0. The van der Waals surface area contributed by atoms with E-state index in [1.165, 1.54) is 6.07 Å². The maximum atomic E-state index is 11.8. The normalized spacial score (nSPS) is 11.0. The lowest BCUT2D eigenvalue weighted by Gasteiger charge is -2.09. The van der Waals surface area contributed by atoms with Crippen molar-refractivity contribution in [2.75, 3.05) is 13.1 Å². The first-order valence-corrected chi connectivity index (χ1v) is 6.95. The summed E-state index contributed by atoms with van der Waals surface area (Å²) in [5.74, 6) is 0.137. The van der Waals surface area contributed by atoms with E-state index in [9.17, 15) is 4.79 Å². The Bertz CT molecular complexity index is 509. The highest BCUT2D eigenvalue weighted by molar-refractivity contribution is 14.0. The van der Waals surface area contributed by atoms with Gasteiger partial charge in [-0.1, -0.05) is 23.2 Å². The van der Waals surface area contributed by atoms with Crippen LogP contribution in [0.5, 0.6) is 0 Å². The summed E-state index contributed by atoms with van der Waals surface area (Å²) in [6.45, 7) is 4.72. The summed E-state index contributed by atoms with van der Waals surface area (Å²) in [5.41, 5.74) is 6.09. The van der Waals surface area contributed by atoms with Crippen LogP contribution >= 0.6 is 47.2 Å². The van der Waals surface area contributed by atoms with Crippen LogP contribution in [0.4, 0.5) is 0 Å². The first-order chi connectivity index (χ1) is 9.40. The molecule has 118 valence electrons. The number of hydrogen-bond donors (Lipinski definition) is 3. The van der Waals surface area contributed by atoms with E-state index in [4.69, 9.17) is 28.9 Å². The quantitative estimate of drug-likeness (QED) is 0.282. The van der Waals surface area contributed by atoms with Crippen LogP contribution in [0.25, 0.3) is 0 Å². The number of guanidine groups is 1. The summed E-state index contributed by atoms with van der Waals surface area (Å²) in [6, 6.07) is 4.95. The molecular weight excluding hydrogens is 426 g/mol. The van der Waals surface area contributed by atoms with Crippen LogP contribution in [0, 0.1) is 0 Å². The Morgan fingerprint density at radius 3 is 2.57 bits per heavy atom. The van der Waals surface area contributed by atoms with E-state index in [1.807, 2.05) is 13.8 Å². The average molecular weight is 445 g/mol. The molecule has 5 nitrogen and oxygen atoms in total. The topological polar surface area (TPSA) is 79.5 Å². The molecule has 0 aliphatic carbocycles. The zero-order valence-electron chi connectivity index (χ0n) is 11.8. The molecule has 0 aromatic heterocycles. The number of hydrogen-bond acceptors (Lipinski definition) is 2. The predicted octanol–water partition coefficient (Wildman–Crippen LogP) is 2.65. The second kappa shape index (κ2) is 10.1.